The molecule has 0 spiro atoms. The summed E-state index contributed by atoms with van der Waals surface area (Å²) in [4.78, 5) is 11.6. The van der Waals surface area contributed by atoms with Gasteiger partial charge >= 0.3 is 0 Å². The highest BCUT2D eigenvalue weighted by Gasteiger charge is 2.48. The van der Waals surface area contributed by atoms with Crippen molar-refractivity contribution in [1.82, 2.24) is 0 Å². The maximum absolute atomic E-state index is 11.6. The van der Waals surface area contributed by atoms with Gasteiger partial charge in [-0.3, -0.25) is 4.79 Å². The third-order valence-electron chi connectivity index (χ3n) is 1.41. The van der Waals surface area contributed by atoms with Crippen molar-refractivity contribution in [3.63, 3.8) is 0 Å². The van der Waals surface area contributed by atoms with Crippen LogP contribution in [0.3, 0.4) is 0 Å². The van der Waals surface area contributed by atoms with Crippen LogP contribution < -0.4 is 0 Å². The van der Waals surface area contributed by atoms with Crippen LogP contribution in [0, 0.1) is 5.41 Å². The molecular formula is C7H12BrClO3S. The zero-order valence-corrected chi connectivity index (χ0v) is 11.0. The average Bonchev–Trinajstić information content (AvgIpc) is 1.81. The standard InChI is InChI=1S/C7H12BrClO3S/c1-6(2,3)5(10)7(8,9)13(4,11)12/h1-4H3. The van der Waals surface area contributed by atoms with Crippen LogP contribution in [0.15, 0.2) is 0 Å². The Bertz CT molecular complexity index is 313. The molecule has 0 aliphatic heterocycles. The third kappa shape index (κ3) is 2.92. The molecule has 0 N–H and O–H groups in total. The summed E-state index contributed by atoms with van der Waals surface area (Å²) in [6, 6.07) is 0. The molecule has 0 radical (unpaired) electrons. The largest absolute Gasteiger partial charge is 0.295 e. The van der Waals surface area contributed by atoms with E-state index in [1.807, 2.05) is 0 Å². The van der Waals surface area contributed by atoms with Crippen LogP contribution in [0.4, 0.5) is 0 Å². The summed E-state index contributed by atoms with van der Waals surface area (Å²) >= 11 is 8.36. The Balaban J connectivity index is 5.23. The average molecular weight is 292 g/mol. The molecule has 6 heteroatoms. The Hall–Kier alpha value is 0.390. The van der Waals surface area contributed by atoms with E-state index < -0.39 is 24.2 Å². The summed E-state index contributed by atoms with van der Waals surface area (Å²) < 4.78 is 20.3. The lowest BCUT2D eigenvalue weighted by Gasteiger charge is -2.25. The van der Waals surface area contributed by atoms with Crippen molar-refractivity contribution in [1.29, 1.82) is 0 Å². The molecule has 0 heterocycles. The lowest BCUT2D eigenvalue weighted by molar-refractivity contribution is -0.125. The number of Topliss-reactive ketones (excluding diaryl/α,β-unsaturated/α-hetero) is 1. The van der Waals surface area contributed by atoms with Crippen LogP contribution in [0.1, 0.15) is 20.8 Å². The maximum Gasteiger partial charge on any atom is 0.257 e. The first-order valence-electron chi connectivity index (χ1n) is 3.53. The molecule has 1 unspecified atom stereocenters. The molecule has 0 aromatic rings. The second-order valence-electron chi connectivity index (χ2n) is 3.87. The first kappa shape index (κ1) is 13.4. The van der Waals surface area contributed by atoms with Crippen LogP contribution in [0.5, 0.6) is 0 Å². The minimum atomic E-state index is -3.65. The topological polar surface area (TPSA) is 51.2 Å². The number of hydrogen-bond donors (Lipinski definition) is 0. The number of hydrogen-bond acceptors (Lipinski definition) is 3. The molecule has 0 saturated heterocycles. The fourth-order valence-corrected chi connectivity index (χ4v) is 2.13. The van der Waals surface area contributed by atoms with E-state index in [4.69, 9.17) is 11.6 Å². The van der Waals surface area contributed by atoms with Gasteiger partial charge in [-0.15, -0.1) is 0 Å². The minimum Gasteiger partial charge on any atom is -0.295 e. The van der Waals surface area contributed by atoms with Gasteiger partial charge in [0.05, 0.1) is 0 Å². The second kappa shape index (κ2) is 3.51. The van der Waals surface area contributed by atoms with E-state index >= 15 is 0 Å². The lowest BCUT2D eigenvalue weighted by atomic mass is 9.92. The minimum absolute atomic E-state index is 0.566. The van der Waals surface area contributed by atoms with Crippen LogP contribution >= 0.6 is 27.5 Å². The van der Waals surface area contributed by atoms with E-state index in [9.17, 15) is 13.2 Å². The smallest absolute Gasteiger partial charge is 0.257 e. The summed E-state index contributed by atoms with van der Waals surface area (Å²) in [5.41, 5.74) is -0.797. The predicted molar refractivity (Wildman–Crippen MR) is 56.8 cm³/mol. The normalized spacial score (nSPS) is 18.0. The Morgan fingerprint density at radius 2 is 1.62 bits per heavy atom. The molecule has 0 aromatic heterocycles. The van der Waals surface area contributed by atoms with E-state index in [0.29, 0.717) is 0 Å². The molecular weight excluding hydrogens is 279 g/mol. The Kier molecular flexibility index (Phi) is 3.62. The fourth-order valence-electron chi connectivity index (χ4n) is 0.605. The van der Waals surface area contributed by atoms with Crippen LogP contribution in [-0.4, -0.2) is 23.6 Å². The molecule has 0 aliphatic rings. The Labute approximate surface area is 91.9 Å². The van der Waals surface area contributed by atoms with Gasteiger partial charge in [0.1, 0.15) is 0 Å². The van der Waals surface area contributed by atoms with Crippen molar-refractivity contribution in [3.05, 3.63) is 0 Å². The number of carbonyl (C=O) groups is 1. The summed E-state index contributed by atoms with van der Waals surface area (Å²) in [5.74, 6) is -0.566. The fraction of sp³-hybridized carbons (Fsp3) is 0.857. The number of rotatable bonds is 2. The summed E-state index contributed by atoms with van der Waals surface area (Å²) in [5, 5.41) is 0. The molecule has 78 valence electrons. The summed E-state index contributed by atoms with van der Waals surface area (Å²) in [6.07, 6.45) is 0.915. The van der Waals surface area contributed by atoms with Gasteiger partial charge in [0.25, 0.3) is 3.12 Å². The van der Waals surface area contributed by atoms with E-state index in [0.717, 1.165) is 6.26 Å². The van der Waals surface area contributed by atoms with Crippen molar-refractivity contribution in [3.8, 4) is 0 Å². The first-order chi connectivity index (χ1) is 5.40. The molecule has 3 nitrogen and oxygen atoms in total. The van der Waals surface area contributed by atoms with Gasteiger partial charge in [0.15, 0.2) is 15.6 Å². The highest BCUT2D eigenvalue weighted by Crippen LogP contribution is 2.37. The van der Waals surface area contributed by atoms with E-state index in [1.54, 1.807) is 20.8 Å². The Morgan fingerprint density at radius 1 is 1.31 bits per heavy atom. The number of alkyl halides is 2. The molecule has 0 amide bonds. The van der Waals surface area contributed by atoms with Gasteiger partial charge in [-0.1, -0.05) is 32.4 Å². The molecule has 0 aliphatic carbocycles. The molecule has 0 aromatic carbocycles. The van der Waals surface area contributed by atoms with E-state index in [2.05, 4.69) is 15.9 Å². The van der Waals surface area contributed by atoms with Gasteiger partial charge in [0.2, 0.25) is 0 Å². The summed E-state index contributed by atoms with van der Waals surface area (Å²) in [7, 11) is -3.65. The highest BCUT2D eigenvalue weighted by molar-refractivity contribution is 9.12. The van der Waals surface area contributed by atoms with Gasteiger partial charge < -0.3 is 0 Å². The quantitative estimate of drug-likeness (QED) is 0.731. The zero-order valence-electron chi connectivity index (χ0n) is 7.89. The predicted octanol–water partition coefficient (Wildman–Crippen LogP) is 1.93. The van der Waals surface area contributed by atoms with Crippen molar-refractivity contribution >= 4 is 43.2 Å². The number of ketones is 1. The molecule has 0 saturated carbocycles. The SMILES string of the molecule is CC(C)(C)C(=O)C(Cl)(Br)S(C)(=O)=O. The molecule has 0 bridgehead atoms. The number of sulfone groups is 1. The first-order valence-corrected chi connectivity index (χ1v) is 6.59. The van der Waals surface area contributed by atoms with Gasteiger partial charge in [0, 0.05) is 11.7 Å². The van der Waals surface area contributed by atoms with Gasteiger partial charge in [-0.05, 0) is 15.9 Å². The molecule has 1 atom stereocenters. The number of halogens is 2. The number of carbonyl (C=O) groups excluding carboxylic acids is 1. The van der Waals surface area contributed by atoms with Crippen LogP contribution in [-0.2, 0) is 14.6 Å². The van der Waals surface area contributed by atoms with Crippen LogP contribution in [0.2, 0.25) is 0 Å². The van der Waals surface area contributed by atoms with Gasteiger partial charge in [-0.2, -0.15) is 0 Å². The molecule has 0 fully saturated rings. The zero-order chi connectivity index (χ0) is 11.1. The van der Waals surface area contributed by atoms with Crippen molar-refractivity contribution in [2.45, 2.75) is 23.9 Å². The summed E-state index contributed by atoms with van der Waals surface area (Å²) in [6.45, 7) is 4.83. The monoisotopic (exact) mass is 290 g/mol. The molecule has 0 rings (SSSR count). The Morgan fingerprint density at radius 3 is 1.69 bits per heavy atom. The van der Waals surface area contributed by atoms with Crippen molar-refractivity contribution < 1.29 is 13.2 Å². The molecule has 13 heavy (non-hydrogen) atoms. The lowest BCUT2D eigenvalue weighted by Crippen LogP contribution is -2.41. The maximum atomic E-state index is 11.6. The van der Waals surface area contributed by atoms with Crippen molar-refractivity contribution in [2.75, 3.05) is 6.26 Å². The van der Waals surface area contributed by atoms with Gasteiger partial charge in [-0.25, -0.2) is 8.42 Å². The van der Waals surface area contributed by atoms with Crippen LogP contribution in [0.25, 0.3) is 0 Å². The highest BCUT2D eigenvalue weighted by atomic mass is 79.9. The third-order valence-corrected chi connectivity index (χ3v) is 5.66. The van der Waals surface area contributed by atoms with Crippen molar-refractivity contribution in [2.24, 2.45) is 5.41 Å². The van der Waals surface area contributed by atoms with E-state index in [-0.39, 0.29) is 0 Å². The second-order valence-corrected chi connectivity index (χ2v) is 8.99. The van der Waals surface area contributed by atoms with E-state index in [1.165, 1.54) is 0 Å².